The summed E-state index contributed by atoms with van der Waals surface area (Å²) in [6, 6.07) is 23.0. The number of unbranched alkanes of at least 4 members (excludes halogenated alkanes) is 2. The Balaban J connectivity index is 2.18. The summed E-state index contributed by atoms with van der Waals surface area (Å²) < 4.78 is 26.4. The van der Waals surface area contributed by atoms with Crippen LogP contribution >= 0.6 is 0 Å². The zero-order valence-corrected chi connectivity index (χ0v) is 34.4. The number of rotatable bonds is 22. The van der Waals surface area contributed by atoms with Crippen LogP contribution in [0.1, 0.15) is 50.7 Å². The second-order valence-electron chi connectivity index (χ2n) is 16.1. The fourth-order valence-electron chi connectivity index (χ4n) is 6.32. The molecule has 8 nitrogen and oxygen atoms in total. The monoisotopic (exact) mass is 722 g/mol. The van der Waals surface area contributed by atoms with Crippen LogP contribution in [0.2, 0.25) is 51.4 Å². The summed E-state index contributed by atoms with van der Waals surface area (Å²) in [5.41, 5.74) is 2.41. The lowest BCUT2D eigenvalue weighted by molar-refractivity contribution is -0.187. The van der Waals surface area contributed by atoms with Gasteiger partial charge >= 0.3 is 0 Å². The molecule has 3 rings (SSSR count). The van der Waals surface area contributed by atoms with Gasteiger partial charge in [-0.3, -0.25) is 0 Å². The first-order valence-electron chi connectivity index (χ1n) is 18.9. The molecule has 1 aliphatic rings. The highest BCUT2D eigenvalue weighted by Crippen LogP contribution is 2.32. The van der Waals surface area contributed by atoms with Crippen LogP contribution in [0, 0.1) is 11.5 Å². The molecule has 278 valence electrons. The van der Waals surface area contributed by atoms with Gasteiger partial charge in [-0.05, 0) is 48.9 Å². The zero-order valence-electron chi connectivity index (χ0n) is 32.4. The molecule has 4 atom stereocenters. The van der Waals surface area contributed by atoms with Gasteiger partial charge in [0.1, 0.15) is 25.8 Å². The zero-order chi connectivity index (χ0) is 36.4. The number of nitrogens with zero attached hydrogens (tertiary/aromatic N) is 4. The number of hydrogen-bond donors (Lipinski definition) is 0. The number of ether oxygens (including phenoxy) is 4. The molecule has 0 aliphatic carbocycles. The van der Waals surface area contributed by atoms with Crippen LogP contribution in [0.5, 0.6) is 0 Å². The Bertz CT molecular complexity index is 1190. The van der Waals surface area contributed by atoms with Crippen molar-refractivity contribution in [1.82, 2.24) is 9.80 Å². The molecule has 1 fully saturated rings. The minimum atomic E-state index is -1.27. The Morgan fingerprint density at radius 2 is 1.06 bits per heavy atom. The third-order valence-corrected chi connectivity index (χ3v) is 12.7. The van der Waals surface area contributed by atoms with Gasteiger partial charge in [0.05, 0.1) is 12.1 Å². The summed E-state index contributed by atoms with van der Waals surface area (Å²) in [5.74, 6) is 0.718. The average molecular weight is 723 g/mol. The fraction of sp³-hybridized carbons (Fsp3) is 0.650. The molecular formula is C40H66N4O4Si2. The summed E-state index contributed by atoms with van der Waals surface area (Å²) in [6.45, 7) is 21.8. The van der Waals surface area contributed by atoms with E-state index in [0.29, 0.717) is 26.1 Å². The molecule has 0 unspecified atom stereocenters. The highest BCUT2D eigenvalue weighted by molar-refractivity contribution is 6.76. The standard InChI is InChI=1S/C40H66N4O4Si2/c1-9-11-23-43-36(29-34-19-15-13-16-20-34)38(47-32-45-25-27-49(3,4)5)39(48-33-46-26-28-50(6,7)8)37(30-35-21-17-14-18-22-35)44(24-12-10-2)40(43)42-31-41/h13-22,36-39H,9-12,23-30,32-33H2,1-8H3/t36-,37-,38+,39+/m1/s1. The summed E-state index contributed by atoms with van der Waals surface area (Å²) in [5, 5.41) is 10.2. The summed E-state index contributed by atoms with van der Waals surface area (Å²) in [4.78, 5) is 9.36. The van der Waals surface area contributed by atoms with Gasteiger partial charge in [-0.25, -0.2) is 0 Å². The van der Waals surface area contributed by atoms with Crippen molar-refractivity contribution >= 4 is 22.1 Å². The SMILES string of the molecule is CCCCN1C(=NC#N)N(CCCC)[C@H](Cc2ccccc2)[C@H](OCOCC[Si](C)(C)C)[C@@H](OCOCC[Si](C)(C)C)[C@H]1Cc1ccccc1. The molecule has 2 aromatic carbocycles. The van der Waals surface area contributed by atoms with Gasteiger partial charge in [0.25, 0.3) is 0 Å². The average Bonchev–Trinajstić information content (AvgIpc) is 3.15. The van der Waals surface area contributed by atoms with Crippen LogP contribution in [0.15, 0.2) is 65.7 Å². The van der Waals surface area contributed by atoms with Crippen molar-refractivity contribution in [2.75, 3.05) is 39.9 Å². The van der Waals surface area contributed by atoms with E-state index in [-0.39, 0.29) is 37.9 Å². The number of benzene rings is 2. The van der Waals surface area contributed by atoms with Gasteiger partial charge in [-0.15, -0.1) is 4.99 Å². The molecule has 0 amide bonds. The number of nitriles is 1. The van der Waals surface area contributed by atoms with Crippen molar-refractivity contribution in [3.05, 3.63) is 71.8 Å². The Hall–Kier alpha value is -2.53. The Labute approximate surface area is 306 Å². The van der Waals surface area contributed by atoms with Gasteiger partial charge in [0.2, 0.25) is 12.2 Å². The fourth-order valence-corrected chi connectivity index (χ4v) is 7.83. The van der Waals surface area contributed by atoms with E-state index in [1.165, 1.54) is 11.1 Å². The second-order valence-corrected chi connectivity index (χ2v) is 27.3. The van der Waals surface area contributed by atoms with E-state index in [1.54, 1.807) is 0 Å². The maximum Gasteiger partial charge on any atom is 0.213 e. The van der Waals surface area contributed by atoms with Crippen LogP contribution < -0.4 is 0 Å². The lowest BCUT2D eigenvalue weighted by Crippen LogP contribution is -2.53. The first-order chi connectivity index (χ1) is 24.0. The molecule has 0 bridgehead atoms. The first kappa shape index (κ1) is 41.9. The van der Waals surface area contributed by atoms with Crippen LogP contribution in [-0.4, -0.2) is 96.1 Å². The van der Waals surface area contributed by atoms with Crippen LogP contribution in [-0.2, 0) is 31.8 Å². The Morgan fingerprint density at radius 3 is 1.40 bits per heavy atom. The molecule has 1 heterocycles. The highest BCUT2D eigenvalue weighted by atomic mass is 28.3. The largest absolute Gasteiger partial charge is 0.356 e. The van der Waals surface area contributed by atoms with Gasteiger partial charge in [-0.2, -0.15) is 5.26 Å². The van der Waals surface area contributed by atoms with E-state index in [0.717, 1.165) is 56.8 Å². The van der Waals surface area contributed by atoms with Gasteiger partial charge in [0, 0.05) is 42.5 Å². The molecule has 2 aromatic rings. The van der Waals surface area contributed by atoms with E-state index < -0.39 is 16.1 Å². The maximum absolute atomic E-state index is 10.2. The topological polar surface area (TPSA) is 79.6 Å². The minimum absolute atomic E-state index is 0.159. The van der Waals surface area contributed by atoms with Crippen molar-refractivity contribution in [3.8, 4) is 6.19 Å². The molecule has 0 aromatic heterocycles. The van der Waals surface area contributed by atoms with Crippen LogP contribution in [0.3, 0.4) is 0 Å². The van der Waals surface area contributed by atoms with Crippen LogP contribution in [0.25, 0.3) is 0 Å². The van der Waals surface area contributed by atoms with E-state index in [2.05, 4.69) is 135 Å². The number of hydrogen-bond acceptors (Lipinski definition) is 6. The molecule has 1 aliphatic heterocycles. The van der Waals surface area contributed by atoms with E-state index in [9.17, 15) is 5.26 Å². The van der Waals surface area contributed by atoms with Crippen molar-refractivity contribution in [3.63, 3.8) is 0 Å². The molecule has 0 radical (unpaired) electrons. The van der Waals surface area contributed by atoms with E-state index in [4.69, 9.17) is 18.9 Å². The second kappa shape index (κ2) is 21.7. The molecule has 50 heavy (non-hydrogen) atoms. The maximum atomic E-state index is 10.2. The van der Waals surface area contributed by atoms with Crippen molar-refractivity contribution in [2.24, 2.45) is 4.99 Å². The summed E-state index contributed by atoms with van der Waals surface area (Å²) >= 11 is 0. The molecule has 10 heteroatoms. The molecule has 0 N–H and O–H groups in total. The lowest BCUT2D eigenvalue weighted by atomic mass is 9.90. The van der Waals surface area contributed by atoms with Gasteiger partial charge in [-0.1, -0.05) is 127 Å². The number of aliphatic imine (C=N–C) groups is 1. The Kier molecular flexibility index (Phi) is 18.2. The summed E-state index contributed by atoms with van der Waals surface area (Å²) in [6.07, 6.45) is 6.83. The van der Waals surface area contributed by atoms with Crippen molar-refractivity contribution in [1.29, 1.82) is 5.26 Å². The van der Waals surface area contributed by atoms with Gasteiger partial charge in [0.15, 0.2) is 0 Å². The molecule has 0 spiro atoms. The molecule has 0 saturated carbocycles. The lowest BCUT2D eigenvalue weighted by Gasteiger charge is -2.38. The summed E-state index contributed by atoms with van der Waals surface area (Å²) in [7, 11) is -2.55. The Morgan fingerprint density at radius 1 is 0.660 bits per heavy atom. The quantitative estimate of drug-likeness (QED) is 0.0521. The third-order valence-electron chi connectivity index (χ3n) is 9.31. The van der Waals surface area contributed by atoms with E-state index >= 15 is 0 Å². The molecular weight excluding hydrogens is 657 g/mol. The predicted octanol–water partition coefficient (Wildman–Crippen LogP) is 8.66. The van der Waals surface area contributed by atoms with E-state index in [1.807, 2.05) is 0 Å². The molecule has 1 saturated heterocycles. The van der Waals surface area contributed by atoms with Crippen LogP contribution in [0.4, 0.5) is 0 Å². The van der Waals surface area contributed by atoms with Gasteiger partial charge < -0.3 is 28.7 Å². The predicted molar refractivity (Wildman–Crippen MR) is 212 cm³/mol. The normalized spacial score (nSPS) is 20.1. The highest BCUT2D eigenvalue weighted by Gasteiger charge is 2.48. The van der Waals surface area contributed by atoms with Crippen molar-refractivity contribution in [2.45, 2.75) is 128 Å². The first-order valence-corrected chi connectivity index (χ1v) is 26.4. The smallest absolute Gasteiger partial charge is 0.213 e. The minimum Gasteiger partial charge on any atom is -0.356 e. The van der Waals surface area contributed by atoms with Crippen molar-refractivity contribution < 1.29 is 18.9 Å². The third kappa shape index (κ3) is 14.6. The number of guanidine groups is 1.